The minimum Gasteiger partial charge on any atom is -0.463 e. The molecule has 0 aliphatic carbocycles. The lowest BCUT2D eigenvalue weighted by Crippen LogP contribution is -2.13. The summed E-state index contributed by atoms with van der Waals surface area (Å²) in [6.07, 6.45) is 1.48. The van der Waals surface area contributed by atoms with E-state index in [0.29, 0.717) is 0 Å². The summed E-state index contributed by atoms with van der Waals surface area (Å²) < 4.78 is 7.08. The number of ether oxygens (including phenoxy) is 1. The standard InChI is InChI=1S/C13H15BrN4O2/c1-8(15-2)10-5-4-9(6-11(10)14)18-7-16-12(17-18)13(19)20-3/h4-8,15H,1-3H3. The Hall–Kier alpha value is -1.73. The molecule has 0 radical (unpaired) electrons. The number of rotatable bonds is 4. The number of hydrogen-bond donors (Lipinski definition) is 1. The van der Waals surface area contributed by atoms with Crippen molar-refractivity contribution in [1.82, 2.24) is 20.1 Å². The van der Waals surface area contributed by atoms with Crippen molar-refractivity contribution in [3.63, 3.8) is 0 Å². The van der Waals surface area contributed by atoms with Gasteiger partial charge in [0.2, 0.25) is 0 Å². The van der Waals surface area contributed by atoms with Crippen LogP contribution in [-0.4, -0.2) is 34.9 Å². The maximum Gasteiger partial charge on any atom is 0.377 e. The van der Waals surface area contributed by atoms with Crippen LogP contribution in [0.25, 0.3) is 5.69 Å². The highest BCUT2D eigenvalue weighted by atomic mass is 79.9. The lowest BCUT2D eigenvalue weighted by Gasteiger charge is -2.13. The third kappa shape index (κ3) is 2.88. The Labute approximate surface area is 125 Å². The van der Waals surface area contributed by atoms with Gasteiger partial charge < -0.3 is 10.1 Å². The third-order valence-corrected chi connectivity index (χ3v) is 3.69. The van der Waals surface area contributed by atoms with Gasteiger partial charge >= 0.3 is 5.97 Å². The first kappa shape index (κ1) is 14.7. The van der Waals surface area contributed by atoms with Gasteiger partial charge in [-0.15, -0.1) is 5.10 Å². The summed E-state index contributed by atoms with van der Waals surface area (Å²) in [5.41, 5.74) is 1.95. The smallest absolute Gasteiger partial charge is 0.377 e. The number of hydrogen-bond acceptors (Lipinski definition) is 5. The molecule has 2 rings (SSSR count). The van der Waals surface area contributed by atoms with E-state index < -0.39 is 5.97 Å². The number of methoxy groups -OCH3 is 1. The molecule has 106 valence electrons. The van der Waals surface area contributed by atoms with Crippen molar-refractivity contribution >= 4 is 21.9 Å². The summed E-state index contributed by atoms with van der Waals surface area (Å²) >= 11 is 3.54. The molecule has 0 spiro atoms. The summed E-state index contributed by atoms with van der Waals surface area (Å²) in [5, 5.41) is 7.26. The average molecular weight is 339 g/mol. The first-order valence-corrected chi connectivity index (χ1v) is 6.83. The fraction of sp³-hybridized carbons (Fsp3) is 0.308. The average Bonchev–Trinajstić information content (AvgIpc) is 2.95. The Morgan fingerprint density at radius 1 is 1.50 bits per heavy atom. The second-order valence-electron chi connectivity index (χ2n) is 4.22. The molecule has 2 aromatic rings. The summed E-state index contributed by atoms with van der Waals surface area (Å²) in [6.45, 7) is 2.07. The molecule has 7 heteroatoms. The van der Waals surface area contributed by atoms with Crippen LogP contribution in [0.2, 0.25) is 0 Å². The van der Waals surface area contributed by atoms with E-state index in [0.717, 1.165) is 15.7 Å². The summed E-state index contributed by atoms with van der Waals surface area (Å²) in [6, 6.07) is 6.09. The maximum atomic E-state index is 11.3. The highest BCUT2D eigenvalue weighted by Gasteiger charge is 2.13. The van der Waals surface area contributed by atoms with E-state index in [-0.39, 0.29) is 11.9 Å². The predicted octanol–water partition coefficient (Wildman–Crippen LogP) is 2.10. The fourth-order valence-electron chi connectivity index (χ4n) is 1.74. The number of halogens is 1. The number of esters is 1. The molecule has 1 aromatic carbocycles. The van der Waals surface area contributed by atoms with Gasteiger partial charge in [0.05, 0.1) is 12.8 Å². The highest BCUT2D eigenvalue weighted by Crippen LogP contribution is 2.25. The van der Waals surface area contributed by atoms with Gasteiger partial charge in [0, 0.05) is 10.5 Å². The van der Waals surface area contributed by atoms with Crippen LogP contribution in [0, 0.1) is 0 Å². The van der Waals surface area contributed by atoms with Gasteiger partial charge in [0.15, 0.2) is 0 Å². The van der Waals surface area contributed by atoms with Crippen LogP contribution in [0.1, 0.15) is 29.1 Å². The van der Waals surface area contributed by atoms with Crippen LogP contribution in [-0.2, 0) is 4.74 Å². The van der Waals surface area contributed by atoms with E-state index >= 15 is 0 Å². The number of carbonyl (C=O) groups excluding carboxylic acids is 1. The Bertz CT molecular complexity index is 627. The van der Waals surface area contributed by atoms with Crippen LogP contribution in [0.15, 0.2) is 29.0 Å². The Morgan fingerprint density at radius 3 is 2.85 bits per heavy atom. The van der Waals surface area contributed by atoms with Crippen LogP contribution in [0.3, 0.4) is 0 Å². The number of carbonyl (C=O) groups is 1. The third-order valence-electron chi connectivity index (χ3n) is 3.01. The first-order chi connectivity index (χ1) is 9.56. The van der Waals surface area contributed by atoms with Crippen molar-refractivity contribution < 1.29 is 9.53 Å². The Morgan fingerprint density at radius 2 is 2.25 bits per heavy atom. The molecule has 0 saturated heterocycles. The van der Waals surface area contributed by atoms with E-state index in [1.54, 1.807) is 0 Å². The van der Waals surface area contributed by atoms with Crippen LogP contribution >= 0.6 is 15.9 Å². The monoisotopic (exact) mass is 338 g/mol. The molecule has 0 saturated carbocycles. The Balaban J connectivity index is 2.32. The summed E-state index contributed by atoms with van der Waals surface area (Å²) in [5.74, 6) is -0.514. The van der Waals surface area contributed by atoms with Gasteiger partial charge in [-0.2, -0.15) is 0 Å². The van der Waals surface area contributed by atoms with Crippen LogP contribution in [0.5, 0.6) is 0 Å². The molecule has 1 aromatic heterocycles. The van der Waals surface area contributed by atoms with Crippen LogP contribution in [0.4, 0.5) is 0 Å². The molecule has 1 N–H and O–H groups in total. The second-order valence-corrected chi connectivity index (χ2v) is 5.07. The molecule has 20 heavy (non-hydrogen) atoms. The molecule has 6 nitrogen and oxygen atoms in total. The molecule has 0 amide bonds. The predicted molar refractivity (Wildman–Crippen MR) is 77.9 cm³/mol. The van der Waals surface area contributed by atoms with E-state index in [2.05, 4.69) is 43.0 Å². The largest absolute Gasteiger partial charge is 0.463 e. The molecular formula is C13H15BrN4O2. The van der Waals surface area contributed by atoms with Crippen molar-refractivity contribution in [2.24, 2.45) is 0 Å². The van der Waals surface area contributed by atoms with Crippen molar-refractivity contribution in [3.8, 4) is 5.69 Å². The zero-order valence-corrected chi connectivity index (χ0v) is 13.0. The highest BCUT2D eigenvalue weighted by molar-refractivity contribution is 9.10. The molecule has 0 bridgehead atoms. The van der Waals surface area contributed by atoms with Gasteiger partial charge in [-0.3, -0.25) is 0 Å². The van der Waals surface area contributed by atoms with Crippen molar-refractivity contribution in [2.45, 2.75) is 13.0 Å². The minimum absolute atomic E-state index is 0.0382. The lowest BCUT2D eigenvalue weighted by molar-refractivity contribution is 0.0587. The van der Waals surface area contributed by atoms with Gasteiger partial charge in [0.25, 0.3) is 5.82 Å². The Kier molecular flexibility index (Phi) is 4.51. The molecule has 0 aliphatic heterocycles. The van der Waals surface area contributed by atoms with Crippen molar-refractivity contribution in [3.05, 3.63) is 40.4 Å². The van der Waals surface area contributed by atoms with Crippen molar-refractivity contribution in [2.75, 3.05) is 14.2 Å². The number of nitrogens with zero attached hydrogens (tertiary/aromatic N) is 3. The summed E-state index contributed by atoms with van der Waals surface area (Å²) in [7, 11) is 3.21. The number of nitrogens with one attached hydrogen (secondary N) is 1. The quantitative estimate of drug-likeness (QED) is 0.864. The van der Waals surface area contributed by atoms with E-state index in [1.165, 1.54) is 18.1 Å². The maximum absolute atomic E-state index is 11.3. The van der Waals surface area contributed by atoms with Gasteiger partial charge in [-0.1, -0.05) is 22.0 Å². The first-order valence-electron chi connectivity index (χ1n) is 6.04. The van der Waals surface area contributed by atoms with Gasteiger partial charge in [0.1, 0.15) is 6.33 Å². The van der Waals surface area contributed by atoms with Crippen LogP contribution < -0.4 is 5.32 Å². The van der Waals surface area contributed by atoms with Gasteiger partial charge in [-0.25, -0.2) is 14.5 Å². The number of aromatic nitrogens is 3. The fourth-order valence-corrected chi connectivity index (χ4v) is 2.45. The zero-order valence-electron chi connectivity index (χ0n) is 11.4. The molecule has 0 fully saturated rings. The molecular weight excluding hydrogens is 324 g/mol. The van der Waals surface area contributed by atoms with Gasteiger partial charge in [-0.05, 0) is 31.7 Å². The van der Waals surface area contributed by atoms with E-state index in [9.17, 15) is 4.79 Å². The second kappa shape index (κ2) is 6.15. The van der Waals surface area contributed by atoms with E-state index in [1.807, 2.05) is 25.2 Å². The zero-order chi connectivity index (χ0) is 14.7. The van der Waals surface area contributed by atoms with E-state index in [4.69, 9.17) is 0 Å². The molecule has 1 unspecified atom stereocenters. The molecule has 0 aliphatic rings. The summed E-state index contributed by atoms with van der Waals surface area (Å²) in [4.78, 5) is 15.2. The SMILES string of the molecule is CNC(C)c1ccc(-n2cnc(C(=O)OC)n2)cc1Br. The minimum atomic E-state index is -0.553. The molecule has 1 heterocycles. The topological polar surface area (TPSA) is 69.0 Å². The normalized spacial score (nSPS) is 12.2. The van der Waals surface area contributed by atoms with Crippen molar-refractivity contribution in [1.29, 1.82) is 0 Å². The lowest BCUT2D eigenvalue weighted by atomic mass is 10.1. The molecule has 1 atom stereocenters. The number of benzene rings is 1.